The van der Waals surface area contributed by atoms with Crippen molar-refractivity contribution in [3.8, 4) is 5.69 Å². The monoisotopic (exact) mass is 376 g/mol. The van der Waals surface area contributed by atoms with E-state index in [1.54, 1.807) is 28.1 Å². The van der Waals surface area contributed by atoms with Crippen molar-refractivity contribution in [3.63, 3.8) is 0 Å². The summed E-state index contributed by atoms with van der Waals surface area (Å²) in [5, 5.41) is 1.16. The molecule has 0 saturated carbocycles. The number of para-hydroxylation sites is 1. The van der Waals surface area contributed by atoms with Crippen LogP contribution in [0, 0.1) is 0 Å². The molecule has 0 amide bonds. The van der Waals surface area contributed by atoms with E-state index >= 15 is 0 Å². The molecule has 5 nitrogen and oxygen atoms in total. The lowest BCUT2D eigenvalue weighted by atomic mass is 10.2. The number of fused-ring (bicyclic) bond motifs is 1. The molecule has 25 heavy (non-hydrogen) atoms. The Hall–Kier alpha value is -1.28. The Kier molecular flexibility index (Phi) is 5.17. The third-order valence-corrected chi connectivity index (χ3v) is 6.36. The molecule has 2 aliphatic heterocycles. The summed E-state index contributed by atoms with van der Waals surface area (Å²) in [4.78, 5) is 18.7. The largest absolute Gasteiger partial charge is 0.350 e. The SMILES string of the molecule is CC1Cc2nc(SCCC3OCCO3)n(-c3ccccc3)c(=O)c2S1. The molecule has 2 aliphatic rings. The minimum absolute atomic E-state index is 0.0430. The average molecular weight is 377 g/mol. The van der Waals surface area contributed by atoms with Gasteiger partial charge in [0.2, 0.25) is 0 Å². The molecule has 1 aromatic carbocycles. The van der Waals surface area contributed by atoms with Crippen LogP contribution < -0.4 is 5.56 Å². The zero-order chi connectivity index (χ0) is 17.2. The summed E-state index contributed by atoms with van der Waals surface area (Å²) in [5.41, 5.74) is 1.84. The van der Waals surface area contributed by atoms with Gasteiger partial charge in [0.1, 0.15) is 0 Å². The highest BCUT2D eigenvalue weighted by Gasteiger charge is 2.27. The third-order valence-electron chi connectivity index (χ3n) is 4.17. The second-order valence-corrected chi connectivity index (χ2v) is 8.60. The molecule has 3 heterocycles. The number of aromatic nitrogens is 2. The van der Waals surface area contributed by atoms with Gasteiger partial charge in [-0.2, -0.15) is 0 Å². The zero-order valence-electron chi connectivity index (χ0n) is 14.0. The van der Waals surface area contributed by atoms with Crippen LogP contribution in [0.1, 0.15) is 19.0 Å². The van der Waals surface area contributed by atoms with Crippen molar-refractivity contribution in [2.24, 2.45) is 0 Å². The maximum absolute atomic E-state index is 13.1. The van der Waals surface area contributed by atoms with Crippen LogP contribution in [0.25, 0.3) is 5.69 Å². The molecule has 7 heteroatoms. The second-order valence-electron chi connectivity index (χ2n) is 6.09. The normalized spacial score (nSPS) is 20.1. The van der Waals surface area contributed by atoms with E-state index in [0.717, 1.165) is 40.0 Å². The van der Waals surface area contributed by atoms with E-state index in [2.05, 4.69) is 6.92 Å². The highest BCUT2D eigenvalue weighted by atomic mass is 32.2. The van der Waals surface area contributed by atoms with Crippen molar-refractivity contribution in [2.45, 2.75) is 41.4 Å². The molecule has 0 bridgehead atoms. The number of hydrogen-bond donors (Lipinski definition) is 0. The summed E-state index contributed by atoms with van der Waals surface area (Å²) in [5.74, 6) is 0.797. The summed E-state index contributed by atoms with van der Waals surface area (Å²) in [6, 6.07) is 9.74. The quantitative estimate of drug-likeness (QED) is 0.590. The fraction of sp³-hybridized carbons (Fsp3) is 0.444. The maximum atomic E-state index is 13.1. The van der Waals surface area contributed by atoms with Gasteiger partial charge in [0.25, 0.3) is 5.56 Å². The van der Waals surface area contributed by atoms with Crippen LogP contribution in [-0.4, -0.2) is 40.1 Å². The topological polar surface area (TPSA) is 53.4 Å². The maximum Gasteiger partial charge on any atom is 0.272 e. The second kappa shape index (κ2) is 7.53. The number of nitrogens with zero attached hydrogens (tertiary/aromatic N) is 2. The van der Waals surface area contributed by atoms with Gasteiger partial charge in [-0.05, 0) is 12.1 Å². The van der Waals surface area contributed by atoms with Crippen molar-refractivity contribution in [2.75, 3.05) is 19.0 Å². The molecule has 4 rings (SSSR count). The molecule has 0 N–H and O–H groups in total. The van der Waals surface area contributed by atoms with Crippen LogP contribution in [-0.2, 0) is 15.9 Å². The minimum Gasteiger partial charge on any atom is -0.350 e. The van der Waals surface area contributed by atoms with E-state index < -0.39 is 0 Å². The van der Waals surface area contributed by atoms with Crippen LogP contribution in [0.4, 0.5) is 0 Å². The van der Waals surface area contributed by atoms with E-state index in [1.165, 1.54) is 0 Å². The van der Waals surface area contributed by atoms with Crippen molar-refractivity contribution >= 4 is 23.5 Å². The first kappa shape index (κ1) is 17.1. The first-order valence-electron chi connectivity index (χ1n) is 8.46. The van der Waals surface area contributed by atoms with E-state index in [-0.39, 0.29) is 11.8 Å². The lowest BCUT2D eigenvalue weighted by Crippen LogP contribution is -2.24. The highest BCUT2D eigenvalue weighted by molar-refractivity contribution is 8.00. The predicted molar refractivity (Wildman–Crippen MR) is 99.9 cm³/mol. The molecule has 1 atom stereocenters. The summed E-state index contributed by atoms with van der Waals surface area (Å²) in [6.07, 6.45) is 1.51. The number of ether oxygens (including phenoxy) is 2. The molecule has 1 saturated heterocycles. The number of thioether (sulfide) groups is 2. The molecule has 0 radical (unpaired) electrons. The van der Waals surface area contributed by atoms with Gasteiger partial charge in [0, 0.05) is 23.8 Å². The first-order valence-corrected chi connectivity index (χ1v) is 10.3. The molecule has 1 fully saturated rings. The summed E-state index contributed by atoms with van der Waals surface area (Å²) in [6.45, 7) is 3.47. The smallest absolute Gasteiger partial charge is 0.272 e. The van der Waals surface area contributed by atoms with Gasteiger partial charge in [0.15, 0.2) is 11.4 Å². The van der Waals surface area contributed by atoms with Gasteiger partial charge < -0.3 is 9.47 Å². The Morgan fingerprint density at radius 1 is 1.28 bits per heavy atom. The van der Waals surface area contributed by atoms with E-state index in [9.17, 15) is 4.79 Å². The molecule has 1 aromatic heterocycles. The van der Waals surface area contributed by atoms with Gasteiger partial charge in [-0.15, -0.1) is 11.8 Å². The Labute approximate surface area is 155 Å². The Bertz CT molecular complexity index is 804. The molecule has 0 spiro atoms. The molecule has 1 unspecified atom stereocenters. The van der Waals surface area contributed by atoms with Crippen molar-refractivity contribution in [3.05, 3.63) is 46.4 Å². The fourth-order valence-corrected chi connectivity index (χ4v) is 5.11. The Balaban J connectivity index is 1.65. The average Bonchev–Trinajstić information content (AvgIpc) is 3.25. The number of rotatable bonds is 5. The number of benzene rings is 1. The van der Waals surface area contributed by atoms with Gasteiger partial charge in [0.05, 0.1) is 29.5 Å². The predicted octanol–water partition coefficient (Wildman–Crippen LogP) is 3.12. The molecular formula is C18H20N2O3S2. The molecule has 0 aliphatic carbocycles. The molecular weight excluding hydrogens is 356 g/mol. The first-order chi connectivity index (χ1) is 12.2. The van der Waals surface area contributed by atoms with Crippen LogP contribution in [0.5, 0.6) is 0 Å². The van der Waals surface area contributed by atoms with Crippen LogP contribution >= 0.6 is 23.5 Å². The van der Waals surface area contributed by atoms with Crippen LogP contribution in [0.3, 0.4) is 0 Å². The van der Waals surface area contributed by atoms with Gasteiger partial charge in [-0.3, -0.25) is 9.36 Å². The Morgan fingerprint density at radius 2 is 2.04 bits per heavy atom. The summed E-state index contributed by atoms with van der Waals surface area (Å²) >= 11 is 3.23. The van der Waals surface area contributed by atoms with Gasteiger partial charge in [-0.1, -0.05) is 36.9 Å². The van der Waals surface area contributed by atoms with Gasteiger partial charge in [-0.25, -0.2) is 4.98 Å². The fourth-order valence-electron chi connectivity index (χ4n) is 3.02. The van der Waals surface area contributed by atoms with E-state index in [1.807, 2.05) is 30.3 Å². The minimum atomic E-state index is -0.130. The van der Waals surface area contributed by atoms with Crippen molar-refractivity contribution in [1.29, 1.82) is 0 Å². The molecule has 132 valence electrons. The van der Waals surface area contributed by atoms with E-state index in [0.29, 0.717) is 18.5 Å². The standard InChI is InChI=1S/C18H20N2O3S2/c1-12-11-14-16(25-12)17(21)20(13-5-3-2-4-6-13)18(19-14)24-10-7-15-22-8-9-23-15/h2-6,12,15H,7-11H2,1H3. The van der Waals surface area contributed by atoms with E-state index in [4.69, 9.17) is 14.5 Å². The third kappa shape index (κ3) is 3.65. The lowest BCUT2D eigenvalue weighted by molar-refractivity contribution is -0.0421. The molecule has 2 aromatic rings. The highest BCUT2D eigenvalue weighted by Crippen LogP contribution is 2.35. The van der Waals surface area contributed by atoms with Crippen LogP contribution in [0.2, 0.25) is 0 Å². The van der Waals surface area contributed by atoms with Gasteiger partial charge >= 0.3 is 0 Å². The lowest BCUT2D eigenvalue weighted by Gasteiger charge is -2.14. The van der Waals surface area contributed by atoms with Crippen molar-refractivity contribution in [1.82, 2.24) is 9.55 Å². The van der Waals surface area contributed by atoms with Crippen LogP contribution in [0.15, 0.2) is 45.2 Å². The number of hydrogen-bond acceptors (Lipinski definition) is 6. The Morgan fingerprint density at radius 3 is 2.80 bits per heavy atom. The van der Waals surface area contributed by atoms with Crippen molar-refractivity contribution < 1.29 is 9.47 Å². The summed E-state index contributed by atoms with van der Waals surface area (Å²) in [7, 11) is 0. The zero-order valence-corrected chi connectivity index (χ0v) is 15.6. The summed E-state index contributed by atoms with van der Waals surface area (Å²) < 4.78 is 12.7.